The number of nitrogens with two attached hydrogens (primary N) is 1. The second-order valence-corrected chi connectivity index (χ2v) is 5.97. The molecule has 2 amide bonds. The number of hydrogen-bond donors (Lipinski definition) is 1. The third kappa shape index (κ3) is 4.69. The molecule has 0 unspecified atom stereocenters. The summed E-state index contributed by atoms with van der Waals surface area (Å²) in [4.78, 5) is 25.6. The van der Waals surface area contributed by atoms with E-state index in [1.807, 2.05) is 37.3 Å². The van der Waals surface area contributed by atoms with Crippen molar-refractivity contribution in [2.24, 2.45) is 5.73 Å². The first kappa shape index (κ1) is 20.1. The Labute approximate surface area is 158 Å². The molecule has 1 atom stereocenters. The van der Waals surface area contributed by atoms with Crippen molar-refractivity contribution in [1.82, 2.24) is 4.90 Å². The Bertz CT molecular complexity index is 782. The van der Waals surface area contributed by atoms with Gasteiger partial charge in [-0.05, 0) is 24.6 Å². The largest absolute Gasteiger partial charge is 0.493 e. The molecule has 2 N–H and O–H groups in total. The summed E-state index contributed by atoms with van der Waals surface area (Å²) >= 11 is 0. The molecule has 0 aliphatic heterocycles. The normalized spacial score (nSPS) is 11.4. The number of nitrogens with zero attached hydrogens (tertiary/aromatic N) is 1. The van der Waals surface area contributed by atoms with Crippen LogP contribution in [0.25, 0.3) is 0 Å². The molecule has 27 heavy (non-hydrogen) atoms. The lowest BCUT2D eigenvalue weighted by Crippen LogP contribution is -2.29. The number of carbonyl (C=O) groups is 2. The number of amides is 2. The second kappa shape index (κ2) is 8.93. The maximum absolute atomic E-state index is 13.0. The molecule has 7 heteroatoms. The molecule has 0 aliphatic rings. The molecule has 0 fully saturated rings. The standard InChI is InChI=1S/C20H24N2O5/c1-13(14-8-6-5-7-9-14)22(2)20(24)15-10-16(25-3)19(17(11-15)26-4)27-12-18(21)23/h5-11,13H,12H2,1-4H3,(H2,21,23)/t13-/m0/s1. The van der Waals surface area contributed by atoms with Crippen molar-refractivity contribution in [2.75, 3.05) is 27.9 Å². The van der Waals surface area contributed by atoms with Gasteiger partial charge in [-0.2, -0.15) is 0 Å². The molecule has 0 radical (unpaired) electrons. The van der Waals surface area contributed by atoms with E-state index in [0.29, 0.717) is 5.56 Å². The summed E-state index contributed by atoms with van der Waals surface area (Å²) < 4.78 is 16.0. The van der Waals surface area contributed by atoms with Gasteiger partial charge < -0.3 is 24.8 Å². The van der Waals surface area contributed by atoms with Gasteiger partial charge >= 0.3 is 0 Å². The predicted octanol–water partition coefficient (Wildman–Crippen LogP) is 2.40. The first-order chi connectivity index (χ1) is 12.9. The summed E-state index contributed by atoms with van der Waals surface area (Å²) in [5, 5.41) is 0. The average molecular weight is 372 g/mol. The molecular weight excluding hydrogens is 348 g/mol. The summed E-state index contributed by atoms with van der Waals surface area (Å²) in [6, 6.07) is 12.7. The van der Waals surface area contributed by atoms with Gasteiger partial charge in [0, 0.05) is 12.6 Å². The van der Waals surface area contributed by atoms with Gasteiger partial charge in [-0.25, -0.2) is 0 Å². The van der Waals surface area contributed by atoms with E-state index in [4.69, 9.17) is 19.9 Å². The fourth-order valence-electron chi connectivity index (χ4n) is 2.62. The Morgan fingerprint density at radius 2 is 1.63 bits per heavy atom. The second-order valence-electron chi connectivity index (χ2n) is 5.97. The Kier molecular flexibility index (Phi) is 6.65. The van der Waals surface area contributed by atoms with Crippen LogP contribution in [0.3, 0.4) is 0 Å². The molecular formula is C20H24N2O5. The Hall–Kier alpha value is -3.22. The minimum atomic E-state index is -0.629. The van der Waals surface area contributed by atoms with Crippen molar-refractivity contribution in [3.8, 4) is 17.2 Å². The summed E-state index contributed by atoms with van der Waals surface area (Å²) in [7, 11) is 4.61. The van der Waals surface area contributed by atoms with Crippen molar-refractivity contribution in [1.29, 1.82) is 0 Å². The molecule has 144 valence electrons. The van der Waals surface area contributed by atoms with E-state index in [9.17, 15) is 9.59 Å². The minimum Gasteiger partial charge on any atom is -0.493 e. The average Bonchev–Trinajstić information content (AvgIpc) is 2.70. The summed E-state index contributed by atoms with van der Waals surface area (Å²) in [5.74, 6) is -0.0615. The van der Waals surface area contributed by atoms with Gasteiger partial charge in [-0.1, -0.05) is 30.3 Å². The minimum absolute atomic E-state index is 0.124. The molecule has 7 nitrogen and oxygen atoms in total. The molecule has 2 rings (SSSR count). The molecule has 0 bridgehead atoms. The van der Waals surface area contributed by atoms with E-state index in [-0.39, 0.29) is 35.8 Å². The summed E-state index contributed by atoms with van der Waals surface area (Å²) in [5.41, 5.74) is 6.52. The van der Waals surface area contributed by atoms with Crippen molar-refractivity contribution in [3.63, 3.8) is 0 Å². The van der Waals surface area contributed by atoms with Gasteiger partial charge in [0.05, 0.1) is 20.3 Å². The van der Waals surface area contributed by atoms with Crippen LogP contribution in [0.2, 0.25) is 0 Å². The fraction of sp³-hybridized carbons (Fsp3) is 0.300. The molecule has 0 saturated heterocycles. The Balaban J connectivity index is 2.34. The summed E-state index contributed by atoms with van der Waals surface area (Å²) in [6.45, 7) is 1.62. The molecule has 2 aromatic rings. The highest BCUT2D eigenvalue weighted by Crippen LogP contribution is 2.39. The van der Waals surface area contributed by atoms with Gasteiger partial charge in [-0.3, -0.25) is 9.59 Å². The van der Waals surface area contributed by atoms with Gasteiger partial charge in [0.15, 0.2) is 18.1 Å². The van der Waals surface area contributed by atoms with E-state index < -0.39 is 5.91 Å². The zero-order valence-electron chi connectivity index (χ0n) is 15.9. The van der Waals surface area contributed by atoms with Gasteiger partial charge in [-0.15, -0.1) is 0 Å². The third-order valence-electron chi connectivity index (χ3n) is 4.25. The van der Waals surface area contributed by atoms with Crippen LogP contribution in [-0.2, 0) is 4.79 Å². The van der Waals surface area contributed by atoms with Gasteiger partial charge in [0.25, 0.3) is 11.8 Å². The Morgan fingerprint density at radius 3 is 2.11 bits per heavy atom. The Morgan fingerprint density at radius 1 is 1.07 bits per heavy atom. The van der Waals surface area contributed by atoms with Crippen LogP contribution in [0.15, 0.2) is 42.5 Å². The number of rotatable bonds is 8. The molecule has 2 aromatic carbocycles. The molecule has 0 aliphatic carbocycles. The topological polar surface area (TPSA) is 91.1 Å². The summed E-state index contributed by atoms with van der Waals surface area (Å²) in [6.07, 6.45) is 0. The molecule has 0 spiro atoms. The van der Waals surface area contributed by atoms with E-state index >= 15 is 0 Å². The first-order valence-electron chi connectivity index (χ1n) is 8.38. The van der Waals surface area contributed by atoms with Crippen molar-refractivity contribution < 1.29 is 23.8 Å². The maximum Gasteiger partial charge on any atom is 0.255 e. The van der Waals surface area contributed by atoms with Crippen molar-refractivity contribution >= 4 is 11.8 Å². The van der Waals surface area contributed by atoms with Gasteiger partial charge in [0.1, 0.15) is 0 Å². The molecule has 0 aromatic heterocycles. The fourth-order valence-corrected chi connectivity index (χ4v) is 2.62. The van der Waals surface area contributed by atoms with E-state index in [1.165, 1.54) is 14.2 Å². The van der Waals surface area contributed by atoms with Crippen LogP contribution >= 0.6 is 0 Å². The zero-order valence-corrected chi connectivity index (χ0v) is 15.9. The van der Waals surface area contributed by atoms with Gasteiger partial charge in [0.2, 0.25) is 5.75 Å². The van der Waals surface area contributed by atoms with Crippen molar-refractivity contribution in [3.05, 3.63) is 53.6 Å². The van der Waals surface area contributed by atoms with Crippen LogP contribution in [0.1, 0.15) is 28.9 Å². The quantitative estimate of drug-likeness (QED) is 0.768. The van der Waals surface area contributed by atoms with Crippen LogP contribution in [0, 0.1) is 0 Å². The molecule has 0 saturated carbocycles. The number of primary amides is 1. The highest BCUT2D eigenvalue weighted by atomic mass is 16.5. The highest BCUT2D eigenvalue weighted by molar-refractivity contribution is 5.95. The molecule has 0 heterocycles. The van der Waals surface area contributed by atoms with Crippen LogP contribution in [0.4, 0.5) is 0 Å². The van der Waals surface area contributed by atoms with E-state index in [1.54, 1.807) is 24.1 Å². The SMILES string of the molecule is COc1cc(C(=O)N(C)[C@@H](C)c2ccccc2)cc(OC)c1OCC(N)=O. The number of benzene rings is 2. The smallest absolute Gasteiger partial charge is 0.255 e. The monoisotopic (exact) mass is 372 g/mol. The van der Waals surface area contributed by atoms with Crippen molar-refractivity contribution in [2.45, 2.75) is 13.0 Å². The zero-order chi connectivity index (χ0) is 20.0. The first-order valence-corrected chi connectivity index (χ1v) is 8.38. The third-order valence-corrected chi connectivity index (χ3v) is 4.25. The number of ether oxygens (including phenoxy) is 3. The lowest BCUT2D eigenvalue weighted by Gasteiger charge is -2.26. The lowest BCUT2D eigenvalue weighted by atomic mass is 10.1. The maximum atomic E-state index is 13.0. The van der Waals surface area contributed by atoms with Crippen LogP contribution in [-0.4, -0.2) is 44.6 Å². The highest BCUT2D eigenvalue weighted by Gasteiger charge is 2.23. The van der Waals surface area contributed by atoms with E-state index in [2.05, 4.69) is 0 Å². The number of methoxy groups -OCH3 is 2. The van der Waals surface area contributed by atoms with Crippen LogP contribution < -0.4 is 19.9 Å². The lowest BCUT2D eigenvalue weighted by molar-refractivity contribution is -0.120. The van der Waals surface area contributed by atoms with Crippen LogP contribution in [0.5, 0.6) is 17.2 Å². The van der Waals surface area contributed by atoms with E-state index in [0.717, 1.165) is 5.56 Å². The number of hydrogen-bond acceptors (Lipinski definition) is 5. The predicted molar refractivity (Wildman–Crippen MR) is 101 cm³/mol. The number of carbonyl (C=O) groups excluding carboxylic acids is 2.